The van der Waals surface area contributed by atoms with E-state index in [1.165, 1.54) is 24.2 Å². The van der Waals surface area contributed by atoms with Gasteiger partial charge in [0, 0.05) is 45.8 Å². The maximum Gasteiger partial charge on any atom is 0.248 e. The Balaban J connectivity index is 1.41. The van der Waals surface area contributed by atoms with Crippen molar-refractivity contribution in [3.63, 3.8) is 0 Å². The average molecular weight is 497 g/mol. The molecule has 1 aromatic rings. The predicted octanol–water partition coefficient (Wildman–Crippen LogP) is 1.19. The first-order valence-corrected chi connectivity index (χ1v) is 13.5. The topological polar surface area (TPSA) is 82.6 Å². The second kappa shape index (κ2) is 11.8. The fraction of sp³-hybridized carbons (Fsp3) is 0.708. The summed E-state index contributed by atoms with van der Waals surface area (Å²) in [4.78, 5) is 19.6. The first-order valence-electron chi connectivity index (χ1n) is 12.0. The number of hydrogen-bond donors (Lipinski definition) is 0. The molecular weight excluding hydrogens is 456 g/mol. The van der Waals surface area contributed by atoms with E-state index in [4.69, 9.17) is 9.47 Å². The lowest BCUT2D eigenvalue weighted by Gasteiger charge is -2.42. The number of hydrogen-bond acceptors (Lipinski definition) is 7. The summed E-state index contributed by atoms with van der Waals surface area (Å²) in [5.41, 5.74) is 1.39. The smallest absolute Gasteiger partial charge is 0.248 e. The summed E-state index contributed by atoms with van der Waals surface area (Å²) in [5, 5.41) is 0. The molecule has 0 aliphatic carbocycles. The summed E-state index contributed by atoms with van der Waals surface area (Å²) in [6.45, 7) is 9.40. The molecule has 0 bridgehead atoms. The average Bonchev–Trinajstić information content (AvgIpc) is 2.83. The number of sulfonamides is 1. The van der Waals surface area contributed by atoms with Gasteiger partial charge in [-0.3, -0.25) is 9.69 Å². The molecule has 9 nitrogen and oxygen atoms in total. The highest BCUT2D eigenvalue weighted by Crippen LogP contribution is 2.27. The molecular formula is C24H40N4O5S. The zero-order valence-electron chi connectivity index (χ0n) is 21.2. The van der Waals surface area contributed by atoms with Gasteiger partial charge in [0.25, 0.3) is 0 Å². The number of methoxy groups -OCH3 is 1. The Labute approximate surface area is 204 Å². The van der Waals surface area contributed by atoms with E-state index in [0.717, 1.165) is 44.8 Å². The molecule has 2 fully saturated rings. The standard InChI is InChI=1S/C24H40N4O5S/c1-19-17-23(20(2)16-22(19)32-5)34(30,31)26(4)14-15-33-18-24(29)28-12-10-27(11-13-28)21-6-8-25(3)9-7-21/h16-17,21H,6-15,18H2,1-5H3. The van der Waals surface area contributed by atoms with E-state index in [9.17, 15) is 13.2 Å². The number of ether oxygens (including phenoxy) is 2. The Kier molecular flexibility index (Phi) is 9.34. The number of rotatable bonds is 9. The second-order valence-corrected chi connectivity index (χ2v) is 11.4. The van der Waals surface area contributed by atoms with Gasteiger partial charge >= 0.3 is 0 Å². The molecule has 0 spiro atoms. The van der Waals surface area contributed by atoms with Crippen LogP contribution in [0.4, 0.5) is 0 Å². The largest absolute Gasteiger partial charge is 0.496 e. The lowest BCUT2D eigenvalue weighted by molar-refractivity contribution is -0.138. The maximum absolute atomic E-state index is 13.0. The van der Waals surface area contributed by atoms with Gasteiger partial charge in [-0.2, -0.15) is 4.31 Å². The summed E-state index contributed by atoms with van der Waals surface area (Å²) in [6.07, 6.45) is 2.39. The number of nitrogens with zero attached hydrogens (tertiary/aromatic N) is 4. The number of carbonyl (C=O) groups is 1. The van der Waals surface area contributed by atoms with Crippen LogP contribution >= 0.6 is 0 Å². The molecule has 2 saturated heterocycles. The van der Waals surface area contributed by atoms with Crippen molar-refractivity contribution in [3.05, 3.63) is 23.3 Å². The van der Waals surface area contributed by atoms with Gasteiger partial charge in [0.15, 0.2) is 0 Å². The van der Waals surface area contributed by atoms with Gasteiger partial charge in [-0.05, 0) is 70.1 Å². The van der Waals surface area contributed by atoms with Crippen molar-refractivity contribution in [2.24, 2.45) is 0 Å². The van der Waals surface area contributed by atoms with Gasteiger partial charge in [-0.15, -0.1) is 0 Å². The van der Waals surface area contributed by atoms with Crippen LogP contribution in [-0.2, 0) is 19.6 Å². The number of likely N-dealkylation sites (N-methyl/N-ethyl adjacent to an activating group) is 1. The van der Waals surface area contributed by atoms with Gasteiger partial charge in [0.2, 0.25) is 15.9 Å². The van der Waals surface area contributed by atoms with E-state index < -0.39 is 10.0 Å². The third kappa shape index (κ3) is 6.48. The molecule has 192 valence electrons. The molecule has 1 aromatic carbocycles. The number of carbonyl (C=O) groups excluding carboxylic acids is 1. The highest BCUT2D eigenvalue weighted by molar-refractivity contribution is 7.89. The van der Waals surface area contributed by atoms with Gasteiger partial charge < -0.3 is 19.3 Å². The summed E-state index contributed by atoms with van der Waals surface area (Å²) in [7, 11) is 1.60. The molecule has 0 unspecified atom stereocenters. The lowest BCUT2D eigenvalue weighted by Crippen LogP contribution is -2.54. The van der Waals surface area contributed by atoms with Crippen LogP contribution in [-0.4, -0.2) is 120 Å². The molecule has 34 heavy (non-hydrogen) atoms. The van der Waals surface area contributed by atoms with Gasteiger partial charge in [-0.1, -0.05) is 0 Å². The van der Waals surface area contributed by atoms with Crippen molar-refractivity contribution in [1.29, 1.82) is 0 Å². The van der Waals surface area contributed by atoms with E-state index in [1.54, 1.807) is 26.2 Å². The molecule has 0 atom stereocenters. The first-order chi connectivity index (χ1) is 16.1. The molecule has 3 rings (SSSR count). The normalized spacial score (nSPS) is 19.1. The quantitative estimate of drug-likeness (QED) is 0.475. The molecule has 0 N–H and O–H groups in total. The molecule has 10 heteroatoms. The monoisotopic (exact) mass is 496 g/mol. The van der Waals surface area contributed by atoms with Crippen molar-refractivity contribution in [2.75, 3.05) is 80.2 Å². The van der Waals surface area contributed by atoms with Crippen LogP contribution in [0, 0.1) is 13.8 Å². The number of likely N-dealkylation sites (tertiary alicyclic amines) is 1. The van der Waals surface area contributed by atoms with Crippen LogP contribution in [0.25, 0.3) is 0 Å². The highest BCUT2D eigenvalue weighted by Gasteiger charge is 2.28. The van der Waals surface area contributed by atoms with Crippen LogP contribution in [0.3, 0.4) is 0 Å². The summed E-state index contributed by atoms with van der Waals surface area (Å²) < 4.78 is 38.1. The molecule has 0 radical (unpaired) electrons. The minimum absolute atomic E-state index is 0.0250. The van der Waals surface area contributed by atoms with Crippen LogP contribution in [0.1, 0.15) is 24.0 Å². The van der Waals surface area contributed by atoms with E-state index >= 15 is 0 Å². The minimum atomic E-state index is -3.66. The van der Waals surface area contributed by atoms with E-state index in [-0.39, 0.29) is 30.6 Å². The van der Waals surface area contributed by atoms with Gasteiger partial charge in [0.1, 0.15) is 12.4 Å². The Morgan fingerprint density at radius 1 is 1.06 bits per heavy atom. The Hall–Kier alpha value is -1.72. The Bertz CT molecular complexity index is 939. The van der Waals surface area contributed by atoms with Crippen molar-refractivity contribution < 1.29 is 22.7 Å². The van der Waals surface area contributed by atoms with Crippen molar-refractivity contribution in [1.82, 2.24) is 19.0 Å². The van der Waals surface area contributed by atoms with E-state index in [2.05, 4.69) is 16.8 Å². The maximum atomic E-state index is 13.0. The fourth-order valence-corrected chi connectivity index (χ4v) is 6.13. The Morgan fingerprint density at radius 2 is 1.71 bits per heavy atom. The predicted molar refractivity (Wildman–Crippen MR) is 132 cm³/mol. The molecule has 0 aromatic heterocycles. The van der Waals surface area contributed by atoms with Crippen LogP contribution in [0.5, 0.6) is 5.75 Å². The van der Waals surface area contributed by atoms with Crippen molar-refractivity contribution in [2.45, 2.75) is 37.6 Å². The lowest BCUT2D eigenvalue weighted by atomic mass is 10.0. The number of benzene rings is 1. The van der Waals surface area contributed by atoms with Crippen molar-refractivity contribution >= 4 is 15.9 Å². The molecule has 2 aliphatic rings. The van der Waals surface area contributed by atoms with Crippen LogP contribution < -0.4 is 4.74 Å². The summed E-state index contributed by atoms with van der Waals surface area (Å²) >= 11 is 0. The van der Waals surface area contributed by atoms with Gasteiger partial charge in [0.05, 0.1) is 18.6 Å². The number of piperazine rings is 1. The molecule has 1 amide bonds. The number of aryl methyl sites for hydroxylation is 2. The minimum Gasteiger partial charge on any atom is -0.496 e. The SMILES string of the molecule is COc1cc(C)c(S(=O)(=O)N(C)CCOCC(=O)N2CCN(C3CCN(C)CC3)CC2)cc1C. The summed E-state index contributed by atoms with van der Waals surface area (Å²) in [5.74, 6) is 0.628. The number of amides is 1. The van der Waals surface area contributed by atoms with Crippen molar-refractivity contribution in [3.8, 4) is 5.75 Å². The zero-order valence-corrected chi connectivity index (χ0v) is 22.1. The molecule has 2 heterocycles. The van der Waals surface area contributed by atoms with Gasteiger partial charge in [-0.25, -0.2) is 8.42 Å². The van der Waals surface area contributed by atoms with Crippen LogP contribution in [0.15, 0.2) is 17.0 Å². The van der Waals surface area contributed by atoms with E-state index in [0.29, 0.717) is 17.4 Å². The summed E-state index contributed by atoms with van der Waals surface area (Å²) in [6, 6.07) is 3.99. The third-order valence-electron chi connectivity index (χ3n) is 7.03. The third-order valence-corrected chi connectivity index (χ3v) is 9.03. The number of piperidine rings is 1. The fourth-order valence-electron chi connectivity index (χ4n) is 4.69. The highest BCUT2D eigenvalue weighted by atomic mass is 32.2. The first kappa shape index (κ1) is 26.9. The van der Waals surface area contributed by atoms with E-state index in [1.807, 2.05) is 11.8 Å². The molecule has 0 saturated carbocycles. The zero-order chi connectivity index (χ0) is 24.9. The Morgan fingerprint density at radius 3 is 2.32 bits per heavy atom. The second-order valence-electron chi connectivity index (χ2n) is 9.42. The van der Waals surface area contributed by atoms with Crippen LogP contribution in [0.2, 0.25) is 0 Å². The molecule has 2 aliphatic heterocycles.